The van der Waals surface area contributed by atoms with Gasteiger partial charge in [0.05, 0.1) is 8.07 Å². The minimum absolute atomic E-state index is 0.0583. The van der Waals surface area contributed by atoms with Gasteiger partial charge in [-0.2, -0.15) is 68.6 Å². The molecule has 0 fully saturated rings. The van der Waals surface area contributed by atoms with E-state index in [0.29, 0.717) is 26.7 Å². The second-order valence-electron chi connectivity index (χ2n) is 43.6. The minimum Gasteiger partial charge on any atom is -0.304 e. The van der Waals surface area contributed by atoms with Crippen LogP contribution < -0.4 is 0 Å². The summed E-state index contributed by atoms with van der Waals surface area (Å²) in [6.45, 7) is 121. The molecule has 1 heterocycles. The zero-order chi connectivity index (χ0) is 90.2. The lowest BCUT2D eigenvalue weighted by atomic mass is 10.2. The quantitative estimate of drug-likeness (QED) is 0.0522. The van der Waals surface area contributed by atoms with Crippen molar-refractivity contribution in [2.24, 2.45) is 0 Å². The molecule has 0 aliphatic carbocycles. The van der Waals surface area contributed by atoms with E-state index in [1.807, 2.05) is 12.4 Å². The smallest absolute Gasteiger partial charge is 0.304 e. The molecular weight excluding hydrogens is 1650 g/mol. The highest BCUT2D eigenvalue weighted by Crippen LogP contribution is 2.45. The molecule has 664 valence electrons. The Balaban J connectivity index is -0.000000106. The number of alkyl halides is 5. The van der Waals surface area contributed by atoms with Crippen LogP contribution >= 0.6 is 55.4 Å². The highest BCUT2D eigenvalue weighted by Gasteiger charge is 2.41. The van der Waals surface area contributed by atoms with Gasteiger partial charge in [-0.15, -0.1) is 0 Å². The molecule has 0 spiro atoms. The third-order valence-corrected chi connectivity index (χ3v) is 66.6. The molecule has 2 nitrogen and oxygen atoms in total. The van der Waals surface area contributed by atoms with Crippen LogP contribution in [0.15, 0.2) is 24.5 Å². The Bertz CT molecular complexity index is 1930. The van der Waals surface area contributed by atoms with Gasteiger partial charge in [0.15, 0.2) is 29.5 Å². The highest BCUT2D eigenvalue weighted by molar-refractivity contribution is 7.22. The third-order valence-electron chi connectivity index (χ3n) is 21.4. The zero-order valence-electron chi connectivity index (χ0n) is 83.0. The van der Waals surface area contributed by atoms with E-state index < -0.39 is 112 Å². The second kappa shape index (κ2) is 62.0. The van der Waals surface area contributed by atoms with Crippen molar-refractivity contribution in [1.29, 1.82) is 0 Å². The standard InChI is InChI=1S/C10H17NSi.C10H25NSi.C10H24Si.C9H21ClSi.C7H16F2Si.2C7H18Si.2C6H15ClSi.C5H10ClF3Si.C4H12Si.C3H9ClSi/c1-12(2,3)9-6-10-4-7-11-8-5-10;1-6-11(7-2)9-8-10-12(3,4)5;1-8(2)11(7,9(3)4)10(5)6;1-7(2)11(10,8(3)4)9(5)6;1-7(8,9)5-6-10(2,3)4;1-7(2,3)8(4,5)6;1-5-8(4,6-2)7-3;1-6(2,3)8(4,5)7;1-4-8(7,5-2)6-3;1-10(2,6)4-3-5(7,8)9;2*1-5(2,3)4/h4-5,7-8H,6,9H2,1-3H3;6-10H2,1-5H3;8-10H,1-7H3;7-9H,1-6H3;5-6H2,1-4H3;1-6H3;5-7H2,1-4H3;1-5H3;4-6H2,1-3H3;3-4H2,1-2H3;1-4H3;1-3H3. The van der Waals surface area contributed by atoms with Gasteiger partial charge in [-0.1, -0.05) is 397 Å². The Hall–Kier alpha value is 2.81. The van der Waals surface area contributed by atoms with Crippen LogP contribution in [0.25, 0.3) is 0 Å². The average Bonchev–Trinajstić information content (AvgIpc) is 0.835. The number of rotatable bonds is 26. The Kier molecular flexibility index (Phi) is 77.0. The molecule has 0 aliphatic heterocycles. The average molecular weight is 1850 g/mol. The summed E-state index contributed by atoms with van der Waals surface area (Å²) >= 11 is 30.4. The fourth-order valence-corrected chi connectivity index (χ4v) is 24.6. The molecule has 1 aromatic heterocycles. The number of hydrogen-bond donors (Lipinski definition) is 0. The topological polar surface area (TPSA) is 16.1 Å². The normalized spacial score (nSPS) is 13.0. The van der Waals surface area contributed by atoms with Crippen molar-refractivity contribution < 1.29 is 22.0 Å². The second-order valence-corrected chi connectivity index (χ2v) is 120. The van der Waals surface area contributed by atoms with Crippen LogP contribution in [0.4, 0.5) is 22.0 Å². The molecule has 0 saturated carbocycles. The molecule has 1 rings (SSSR count). The zero-order valence-corrected chi connectivity index (χ0v) is 98.7. The highest BCUT2D eigenvalue weighted by atomic mass is 35.6. The van der Waals surface area contributed by atoms with Gasteiger partial charge in [0.25, 0.3) is 0 Å². The third kappa shape index (κ3) is 97.6. The van der Waals surface area contributed by atoms with Crippen LogP contribution in [-0.2, 0) is 6.42 Å². The Morgan fingerprint density at radius 3 is 0.778 bits per heavy atom. The monoisotopic (exact) mass is 1840 g/mol. The molecule has 0 atom stereocenters. The first-order valence-corrected chi connectivity index (χ1v) is 86.6. The van der Waals surface area contributed by atoms with E-state index in [1.165, 1.54) is 86.4 Å². The minimum atomic E-state index is -4.04. The molecule has 0 aliphatic rings. The summed E-state index contributed by atoms with van der Waals surface area (Å²) < 4.78 is 59.2. The fraction of sp³-hybridized carbons (Fsp3) is 0.940. The Morgan fingerprint density at radius 1 is 0.398 bits per heavy atom. The van der Waals surface area contributed by atoms with Crippen molar-refractivity contribution in [2.75, 3.05) is 19.6 Å². The van der Waals surface area contributed by atoms with Gasteiger partial charge < -0.3 is 4.90 Å². The molecule has 0 bridgehead atoms. The van der Waals surface area contributed by atoms with Gasteiger partial charge in [0, 0.05) is 73.7 Å². The first kappa shape index (κ1) is 134. The predicted octanol–water partition coefficient (Wildman–Crippen LogP) is 38.2. The molecular formula is C84H200Cl5F5N2Si12. The van der Waals surface area contributed by atoms with Gasteiger partial charge in [-0.3, -0.25) is 4.98 Å². The molecule has 0 saturated heterocycles. The summed E-state index contributed by atoms with van der Waals surface area (Å²) in [5, 5.41) is 0.918. The van der Waals surface area contributed by atoms with Crippen LogP contribution in [0.1, 0.15) is 212 Å². The van der Waals surface area contributed by atoms with Gasteiger partial charge in [0.1, 0.15) is 7.38 Å². The molecule has 0 aromatic carbocycles. The number of pyridine rings is 1. The van der Waals surface area contributed by atoms with E-state index in [2.05, 4.69) is 353 Å². The molecule has 108 heavy (non-hydrogen) atoms. The lowest BCUT2D eigenvalue weighted by Gasteiger charge is -2.39. The lowest BCUT2D eigenvalue weighted by molar-refractivity contribution is -0.130. The first-order chi connectivity index (χ1) is 47.0. The van der Waals surface area contributed by atoms with Crippen molar-refractivity contribution >= 4 is 149 Å². The van der Waals surface area contributed by atoms with Crippen molar-refractivity contribution in [1.82, 2.24) is 9.88 Å². The summed E-state index contributed by atoms with van der Waals surface area (Å²) in [4.78, 5) is 6.52. The van der Waals surface area contributed by atoms with Crippen LogP contribution in [0.5, 0.6) is 0 Å². The van der Waals surface area contributed by atoms with E-state index in [1.54, 1.807) is 13.1 Å². The van der Waals surface area contributed by atoms with E-state index in [4.69, 9.17) is 55.4 Å². The maximum absolute atomic E-state index is 12.3. The molecule has 24 heteroatoms. The summed E-state index contributed by atoms with van der Waals surface area (Å²) in [5.74, 6) is -2.46. The molecule has 1 aromatic rings. The molecule has 0 radical (unpaired) electrons. The number of aromatic nitrogens is 1. The summed E-state index contributed by atoms with van der Waals surface area (Å²) in [5.41, 5.74) is 6.23. The first-order valence-electron chi connectivity index (χ1n) is 42.5. The molecule has 0 amide bonds. The fourth-order valence-electron chi connectivity index (χ4n) is 8.98. The molecule has 0 unspecified atom stereocenters. The summed E-state index contributed by atoms with van der Waals surface area (Å²) in [7, 11) is -13.3. The number of nitrogens with zero attached hydrogens (tertiary/aromatic N) is 2. The largest absolute Gasteiger partial charge is 0.388 e. The van der Waals surface area contributed by atoms with Gasteiger partial charge in [0.2, 0.25) is 5.92 Å². The van der Waals surface area contributed by atoms with E-state index in [9.17, 15) is 22.0 Å². The van der Waals surface area contributed by atoms with Crippen molar-refractivity contribution in [3.8, 4) is 0 Å². The predicted molar refractivity (Wildman–Crippen MR) is 543 cm³/mol. The van der Waals surface area contributed by atoms with Crippen molar-refractivity contribution in [3.05, 3.63) is 30.1 Å². The van der Waals surface area contributed by atoms with Gasteiger partial charge in [-0.25, -0.2) is 8.78 Å². The van der Waals surface area contributed by atoms with Crippen LogP contribution in [-0.4, -0.2) is 135 Å². The molecule has 0 N–H and O–H groups in total. The Morgan fingerprint density at radius 2 is 0.667 bits per heavy atom. The lowest BCUT2D eigenvalue weighted by Crippen LogP contribution is -2.40. The van der Waals surface area contributed by atoms with E-state index in [-0.39, 0.29) is 12.5 Å². The summed E-state index contributed by atoms with van der Waals surface area (Å²) in [6, 6.07) is 15.9. The van der Waals surface area contributed by atoms with Crippen molar-refractivity contribution in [3.63, 3.8) is 0 Å². The number of aryl methyl sites for hydroxylation is 1. The maximum Gasteiger partial charge on any atom is 0.388 e. The summed E-state index contributed by atoms with van der Waals surface area (Å²) in [6.07, 6.45) is 1.65. The maximum atomic E-state index is 12.3. The van der Waals surface area contributed by atoms with Gasteiger partial charge in [-0.05, 0) is 108 Å². The van der Waals surface area contributed by atoms with Crippen LogP contribution in [0.3, 0.4) is 0 Å². The van der Waals surface area contributed by atoms with Crippen molar-refractivity contribution in [2.45, 2.75) is 492 Å². The van der Waals surface area contributed by atoms with E-state index >= 15 is 0 Å². The number of halogens is 10. The van der Waals surface area contributed by atoms with Crippen LogP contribution in [0, 0.1) is 0 Å². The van der Waals surface area contributed by atoms with Gasteiger partial charge >= 0.3 is 6.18 Å². The SMILES string of the molecule is CC(C)(C)[Si](C)(C)C.CC(C)(C)[Si](C)(C)Cl.CC(C)[Si](C)(C(C)C)C(C)C.CC(C)[Si](Cl)(C(C)C)C(C)C.CC(F)(F)CC[Si](C)(C)C.CCN(CC)CCC[Si](C)(C)C.CC[Si](C)(CC)CC.CC[Si](Cl)(CC)CC.C[Si](C)(C)C.C[Si](C)(C)CCc1ccncc1.C[Si](C)(C)Cl.C[Si](C)(Cl)CCC(F)(F)F. The van der Waals surface area contributed by atoms with Crippen LogP contribution in [0.2, 0.25) is 267 Å². The Labute approximate surface area is 716 Å². The number of hydrogen-bond acceptors (Lipinski definition) is 2. The van der Waals surface area contributed by atoms with E-state index in [0.717, 1.165) is 29.6 Å².